The van der Waals surface area contributed by atoms with Crippen molar-refractivity contribution in [3.63, 3.8) is 0 Å². The van der Waals surface area contributed by atoms with E-state index in [4.69, 9.17) is 9.84 Å². The summed E-state index contributed by atoms with van der Waals surface area (Å²) in [4.78, 5) is 15.4. The quantitative estimate of drug-likeness (QED) is 0.550. The lowest BCUT2D eigenvalue weighted by Crippen LogP contribution is -2.33. The Balaban J connectivity index is 2.08. The maximum atomic E-state index is 11.5. The minimum Gasteiger partial charge on any atom is -0.394 e. The van der Waals surface area contributed by atoms with Crippen molar-refractivity contribution in [2.45, 2.75) is 24.5 Å². The highest BCUT2D eigenvalue weighted by atomic mass is 16.6. The van der Waals surface area contributed by atoms with Crippen LogP contribution < -0.4 is 5.56 Å². The summed E-state index contributed by atoms with van der Waals surface area (Å²) in [5.41, 5.74) is -0.365. The summed E-state index contributed by atoms with van der Waals surface area (Å²) in [5.74, 6) is 0.183. The molecule has 19 heavy (non-hydrogen) atoms. The van der Waals surface area contributed by atoms with Crippen LogP contribution in [-0.2, 0) is 4.74 Å². The predicted octanol–water partition coefficient (Wildman–Crippen LogP) is -2.50. The molecule has 2 aromatic rings. The standard InChI is InChI=1S/C10H12N4O5/c15-3-5-7(17)8(18)9(19-5)13-2-1-6(16)14-10(13)11-4-12-14/h1-2,4-5,7-9,15,17-18H,3H2/t5-,7-,8-,9-/m1/s1. The second-order valence-electron chi connectivity index (χ2n) is 4.26. The Morgan fingerprint density at radius 1 is 1.37 bits per heavy atom. The molecule has 0 bridgehead atoms. The van der Waals surface area contributed by atoms with E-state index in [9.17, 15) is 15.0 Å². The molecule has 9 nitrogen and oxygen atoms in total. The van der Waals surface area contributed by atoms with Crippen molar-refractivity contribution in [2.75, 3.05) is 6.61 Å². The summed E-state index contributed by atoms with van der Waals surface area (Å²) in [6.07, 6.45) is -1.68. The van der Waals surface area contributed by atoms with E-state index in [0.717, 1.165) is 4.52 Å². The maximum Gasteiger partial charge on any atom is 0.275 e. The van der Waals surface area contributed by atoms with Gasteiger partial charge in [0.15, 0.2) is 6.23 Å². The SMILES string of the molecule is O=c1ccn([C@@H]2O[C@H](CO)[C@@H](O)[C@H]2O)c2ncnn12. The van der Waals surface area contributed by atoms with Crippen molar-refractivity contribution in [3.8, 4) is 0 Å². The van der Waals surface area contributed by atoms with E-state index in [-0.39, 0.29) is 11.3 Å². The molecule has 2 aromatic heterocycles. The minimum atomic E-state index is -1.24. The van der Waals surface area contributed by atoms with Gasteiger partial charge < -0.3 is 20.1 Å². The van der Waals surface area contributed by atoms with Crippen LogP contribution >= 0.6 is 0 Å². The third-order valence-electron chi connectivity index (χ3n) is 3.14. The fraction of sp³-hybridized carbons (Fsp3) is 0.500. The molecule has 0 aliphatic carbocycles. The normalized spacial score (nSPS) is 31.1. The van der Waals surface area contributed by atoms with E-state index in [0.29, 0.717) is 0 Å². The monoisotopic (exact) mass is 268 g/mol. The number of nitrogens with zero attached hydrogens (tertiary/aromatic N) is 4. The Morgan fingerprint density at radius 3 is 2.84 bits per heavy atom. The van der Waals surface area contributed by atoms with Crippen LogP contribution in [0.25, 0.3) is 5.78 Å². The molecule has 0 unspecified atom stereocenters. The molecule has 0 saturated carbocycles. The van der Waals surface area contributed by atoms with Crippen molar-refractivity contribution in [2.24, 2.45) is 0 Å². The fourth-order valence-corrected chi connectivity index (χ4v) is 2.16. The largest absolute Gasteiger partial charge is 0.394 e. The molecule has 0 radical (unpaired) electrons. The molecule has 3 rings (SSSR count). The molecule has 102 valence electrons. The van der Waals surface area contributed by atoms with Crippen LogP contribution in [0.3, 0.4) is 0 Å². The number of aliphatic hydroxyl groups excluding tert-OH is 3. The summed E-state index contributed by atoms with van der Waals surface area (Å²) in [6, 6.07) is 1.25. The lowest BCUT2D eigenvalue weighted by molar-refractivity contribution is -0.0516. The van der Waals surface area contributed by atoms with Gasteiger partial charge >= 0.3 is 0 Å². The number of rotatable bonds is 2. The van der Waals surface area contributed by atoms with E-state index in [1.54, 1.807) is 0 Å². The molecule has 9 heteroatoms. The van der Waals surface area contributed by atoms with Gasteiger partial charge in [-0.2, -0.15) is 14.6 Å². The fourth-order valence-electron chi connectivity index (χ4n) is 2.16. The van der Waals surface area contributed by atoms with Crippen LogP contribution in [0, 0.1) is 0 Å². The molecule has 1 fully saturated rings. The Hall–Kier alpha value is -1.81. The summed E-state index contributed by atoms with van der Waals surface area (Å²) >= 11 is 0. The van der Waals surface area contributed by atoms with Gasteiger partial charge in [-0.15, -0.1) is 0 Å². The van der Waals surface area contributed by atoms with Gasteiger partial charge in [0.2, 0.25) is 5.78 Å². The van der Waals surface area contributed by atoms with Crippen LogP contribution in [0.15, 0.2) is 23.4 Å². The van der Waals surface area contributed by atoms with Crippen LogP contribution in [-0.4, -0.2) is 59.4 Å². The van der Waals surface area contributed by atoms with Gasteiger partial charge in [0.25, 0.3) is 5.56 Å². The Bertz CT molecular complexity index is 653. The molecule has 1 saturated heterocycles. The van der Waals surface area contributed by atoms with E-state index < -0.39 is 31.1 Å². The first-order chi connectivity index (χ1) is 9.13. The Labute approximate surface area is 106 Å². The second-order valence-corrected chi connectivity index (χ2v) is 4.26. The summed E-state index contributed by atoms with van der Waals surface area (Å²) in [6.45, 7) is -0.419. The van der Waals surface area contributed by atoms with Gasteiger partial charge in [0, 0.05) is 12.3 Å². The third-order valence-corrected chi connectivity index (χ3v) is 3.14. The minimum absolute atomic E-state index is 0.183. The van der Waals surface area contributed by atoms with Crippen LogP contribution in [0.4, 0.5) is 0 Å². The van der Waals surface area contributed by atoms with Crippen LogP contribution in [0.5, 0.6) is 0 Å². The third kappa shape index (κ3) is 1.75. The summed E-state index contributed by atoms with van der Waals surface area (Å²) in [7, 11) is 0. The lowest BCUT2D eigenvalue weighted by atomic mass is 10.1. The van der Waals surface area contributed by atoms with Gasteiger partial charge in [-0.3, -0.25) is 9.36 Å². The van der Waals surface area contributed by atoms with Gasteiger partial charge in [-0.05, 0) is 0 Å². The first-order valence-corrected chi connectivity index (χ1v) is 5.67. The van der Waals surface area contributed by atoms with Crippen molar-refractivity contribution in [1.82, 2.24) is 19.2 Å². The zero-order valence-electron chi connectivity index (χ0n) is 9.70. The summed E-state index contributed by atoms with van der Waals surface area (Å²) in [5, 5.41) is 32.5. The predicted molar refractivity (Wildman–Crippen MR) is 60.3 cm³/mol. The maximum absolute atomic E-state index is 11.5. The van der Waals surface area contributed by atoms with Crippen LogP contribution in [0.2, 0.25) is 0 Å². The topological polar surface area (TPSA) is 122 Å². The molecule has 1 aliphatic heterocycles. The zero-order valence-corrected chi connectivity index (χ0v) is 9.70. The molecule has 4 atom stereocenters. The number of hydrogen-bond donors (Lipinski definition) is 3. The first-order valence-electron chi connectivity index (χ1n) is 5.67. The smallest absolute Gasteiger partial charge is 0.275 e. The van der Waals surface area contributed by atoms with Crippen molar-refractivity contribution in [1.29, 1.82) is 0 Å². The molecule has 0 aromatic carbocycles. The number of ether oxygens (including phenoxy) is 1. The van der Waals surface area contributed by atoms with Crippen molar-refractivity contribution < 1.29 is 20.1 Å². The Morgan fingerprint density at radius 2 is 2.16 bits per heavy atom. The van der Waals surface area contributed by atoms with Gasteiger partial charge in [-0.1, -0.05) is 0 Å². The molecular weight excluding hydrogens is 256 g/mol. The van der Waals surface area contributed by atoms with E-state index in [1.807, 2.05) is 0 Å². The first kappa shape index (κ1) is 12.2. The van der Waals surface area contributed by atoms with Crippen LogP contribution in [0.1, 0.15) is 6.23 Å². The average Bonchev–Trinajstić information content (AvgIpc) is 2.99. The van der Waals surface area contributed by atoms with Gasteiger partial charge in [0.05, 0.1) is 6.61 Å². The molecule has 0 spiro atoms. The highest BCUT2D eigenvalue weighted by Crippen LogP contribution is 2.29. The van der Waals surface area contributed by atoms with Crippen molar-refractivity contribution >= 4 is 5.78 Å². The molecular formula is C10H12N4O5. The number of hydrogen-bond acceptors (Lipinski definition) is 7. The summed E-state index contributed by atoms with van der Waals surface area (Å²) < 4.78 is 7.81. The number of aliphatic hydroxyl groups is 3. The average molecular weight is 268 g/mol. The van der Waals surface area contributed by atoms with Crippen molar-refractivity contribution in [3.05, 3.63) is 28.9 Å². The molecule has 3 N–H and O–H groups in total. The zero-order chi connectivity index (χ0) is 13.6. The second kappa shape index (κ2) is 4.38. The molecule has 3 heterocycles. The highest BCUT2D eigenvalue weighted by Gasteiger charge is 2.43. The Kier molecular flexibility index (Phi) is 2.82. The van der Waals surface area contributed by atoms with E-state index in [2.05, 4.69) is 10.1 Å². The van der Waals surface area contributed by atoms with E-state index >= 15 is 0 Å². The number of aromatic nitrogens is 4. The van der Waals surface area contributed by atoms with Gasteiger partial charge in [-0.25, -0.2) is 0 Å². The van der Waals surface area contributed by atoms with Gasteiger partial charge in [0.1, 0.15) is 24.6 Å². The molecule has 0 amide bonds. The highest BCUT2D eigenvalue weighted by molar-refractivity contribution is 5.27. The molecule has 1 aliphatic rings. The lowest BCUT2D eigenvalue weighted by Gasteiger charge is -2.18. The number of fused-ring (bicyclic) bond motifs is 1. The van der Waals surface area contributed by atoms with E-state index in [1.165, 1.54) is 23.2 Å².